The van der Waals surface area contributed by atoms with Crippen molar-refractivity contribution in [1.82, 2.24) is 0 Å². The minimum atomic E-state index is 0.282. The van der Waals surface area contributed by atoms with Gasteiger partial charge >= 0.3 is 0 Å². The summed E-state index contributed by atoms with van der Waals surface area (Å²) in [7, 11) is 2.74. The van der Waals surface area contributed by atoms with Crippen molar-refractivity contribution >= 4 is 15.0 Å². The van der Waals surface area contributed by atoms with Crippen LogP contribution in [0.25, 0.3) is 0 Å². The van der Waals surface area contributed by atoms with Crippen molar-refractivity contribution in [3.8, 4) is 0 Å². The van der Waals surface area contributed by atoms with Crippen molar-refractivity contribution in [2.24, 2.45) is 0 Å². The number of ketones is 1. The molecular weight excluding hydrogens is 215 g/mol. The summed E-state index contributed by atoms with van der Waals surface area (Å²) in [5.74, 6) is 0.282. The van der Waals surface area contributed by atoms with Crippen molar-refractivity contribution in [3.05, 3.63) is 34.4 Å². The molecule has 2 heteroatoms. The molecular formula is C14H21OP. The van der Waals surface area contributed by atoms with E-state index in [0.717, 1.165) is 23.1 Å². The SMILES string of the molecule is Cc1cc(C)c(C(=O)CCC(C)P)c(C)c1. The number of carbonyl (C=O) groups excluding carboxylic acids is 1. The lowest BCUT2D eigenvalue weighted by molar-refractivity contribution is 0.0979. The van der Waals surface area contributed by atoms with Gasteiger partial charge in [-0.15, -0.1) is 9.24 Å². The molecule has 0 N–H and O–H groups in total. The number of aryl methyl sites for hydroxylation is 3. The molecule has 0 aliphatic rings. The van der Waals surface area contributed by atoms with Gasteiger partial charge in [0, 0.05) is 12.0 Å². The van der Waals surface area contributed by atoms with E-state index in [-0.39, 0.29) is 5.78 Å². The number of carbonyl (C=O) groups is 1. The van der Waals surface area contributed by atoms with E-state index in [1.165, 1.54) is 5.56 Å². The van der Waals surface area contributed by atoms with Crippen LogP contribution < -0.4 is 0 Å². The number of Topliss-reactive ketones (excluding diaryl/α,β-unsaturated/α-hetero) is 1. The summed E-state index contributed by atoms with van der Waals surface area (Å²) in [6.45, 7) is 8.24. The highest BCUT2D eigenvalue weighted by Crippen LogP contribution is 2.20. The van der Waals surface area contributed by atoms with Crippen LogP contribution in [0.1, 0.15) is 46.8 Å². The topological polar surface area (TPSA) is 17.1 Å². The number of hydrogen-bond acceptors (Lipinski definition) is 1. The largest absolute Gasteiger partial charge is 0.294 e. The Bertz CT molecular complexity index is 371. The van der Waals surface area contributed by atoms with E-state index in [1.54, 1.807) is 0 Å². The van der Waals surface area contributed by atoms with E-state index in [9.17, 15) is 4.79 Å². The molecule has 2 atom stereocenters. The van der Waals surface area contributed by atoms with Crippen LogP contribution in [0.3, 0.4) is 0 Å². The van der Waals surface area contributed by atoms with Crippen LogP contribution in [0, 0.1) is 20.8 Å². The van der Waals surface area contributed by atoms with Crippen LogP contribution in [0.15, 0.2) is 12.1 Å². The van der Waals surface area contributed by atoms with E-state index < -0.39 is 0 Å². The molecule has 1 aromatic carbocycles. The summed E-state index contributed by atoms with van der Waals surface area (Å²) in [5.41, 5.74) is 4.88. The standard InChI is InChI=1S/C14H21OP/c1-9-7-10(2)14(11(3)8-9)13(15)6-5-12(4)16/h7-8,12H,5-6,16H2,1-4H3. The monoisotopic (exact) mass is 236 g/mol. The van der Waals surface area contributed by atoms with Gasteiger partial charge in [-0.2, -0.15) is 0 Å². The Kier molecular flexibility index (Phi) is 4.68. The Morgan fingerprint density at radius 1 is 1.25 bits per heavy atom. The van der Waals surface area contributed by atoms with E-state index in [0.29, 0.717) is 12.1 Å². The van der Waals surface area contributed by atoms with E-state index in [1.807, 2.05) is 13.8 Å². The van der Waals surface area contributed by atoms with Gasteiger partial charge in [-0.05, 0) is 44.0 Å². The van der Waals surface area contributed by atoms with E-state index in [4.69, 9.17) is 0 Å². The highest BCUT2D eigenvalue weighted by molar-refractivity contribution is 7.17. The van der Waals surface area contributed by atoms with E-state index in [2.05, 4.69) is 35.2 Å². The lowest BCUT2D eigenvalue weighted by Crippen LogP contribution is -2.07. The fraction of sp³-hybridized carbons (Fsp3) is 0.500. The summed E-state index contributed by atoms with van der Waals surface area (Å²) in [4.78, 5) is 12.1. The Balaban J connectivity index is 2.91. The molecule has 1 nitrogen and oxygen atoms in total. The molecule has 2 unspecified atom stereocenters. The number of benzene rings is 1. The molecule has 0 saturated carbocycles. The maximum Gasteiger partial charge on any atom is 0.163 e. The molecule has 0 aromatic heterocycles. The summed E-state index contributed by atoms with van der Waals surface area (Å²) >= 11 is 0. The smallest absolute Gasteiger partial charge is 0.163 e. The average Bonchev–Trinajstić information content (AvgIpc) is 2.12. The summed E-state index contributed by atoms with van der Waals surface area (Å²) < 4.78 is 0. The van der Waals surface area contributed by atoms with Crippen LogP contribution in [0.4, 0.5) is 0 Å². The van der Waals surface area contributed by atoms with Crippen LogP contribution in [0.5, 0.6) is 0 Å². The lowest BCUT2D eigenvalue weighted by atomic mass is 9.94. The Hall–Kier alpha value is -0.680. The average molecular weight is 236 g/mol. The molecule has 0 spiro atoms. The van der Waals surface area contributed by atoms with Gasteiger partial charge in [-0.25, -0.2) is 0 Å². The van der Waals surface area contributed by atoms with Gasteiger partial charge in [-0.1, -0.05) is 24.6 Å². The second kappa shape index (κ2) is 5.59. The van der Waals surface area contributed by atoms with Gasteiger partial charge in [0.05, 0.1) is 0 Å². The normalized spacial score (nSPS) is 12.6. The molecule has 0 amide bonds. The molecule has 0 aliphatic carbocycles. The molecule has 0 saturated heterocycles. The molecule has 1 rings (SSSR count). The third kappa shape index (κ3) is 3.42. The Labute approximate surface area is 101 Å². The first-order valence-corrected chi connectivity index (χ1v) is 6.45. The third-order valence-electron chi connectivity index (χ3n) is 2.78. The van der Waals surface area contributed by atoms with Crippen molar-refractivity contribution in [1.29, 1.82) is 0 Å². The van der Waals surface area contributed by atoms with Crippen LogP contribution in [-0.2, 0) is 0 Å². The molecule has 88 valence electrons. The lowest BCUT2D eigenvalue weighted by Gasteiger charge is -2.11. The fourth-order valence-corrected chi connectivity index (χ4v) is 2.27. The predicted molar refractivity (Wildman–Crippen MR) is 73.4 cm³/mol. The van der Waals surface area contributed by atoms with Gasteiger partial charge in [0.25, 0.3) is 0 Å². The first-order chi connectivity index (χ1) is 7.41. The van der Waals surface area contributed by atoms with Gasteiger partial charge in [0.2, 0.25) is 0 Å². The van der Waals surface area contributed by atoms with Crippen LogP contribution in [0.2, 0.25) is 0 Å². The summed E-state index contributed by atoms with van der Waals surface area (Å²) in [5, 5.41) is 0. The fourth-order valence-electron chi connectivity index (χ4n) is 2.10. The molecule has 0 bridgehead atoms. The van der Waals surface area contributed by atoms with E-state index >= 15 is 0 Å². The molecule has 1 aromatic rings. The third-order valence-corrected chi connectivity index (χ3v) is 3.12. The highest BCUT2D eigenvalue weighted by Gasteiger charge is 2.12. The second-order valence-corrected chi connectivity index (χ2v) is 5.85. The summed E-state index contributed by atoms with van der Waals surface area (Å²) in [6.07, 6.45) is 1.59. The second-order valence-electron chi connectivity index (χ2n) is 4.71. The van der Waals surface area contributed by atoms with Crippen molar-refractivity contribution in [3.63, 3.8) is 0 Å². The first-order valence-electron chi connectivity index (χ1n) is 5.78. The zero-order valence-corrected chi connectivity index (χ0v) is 11.8. The molecule has 0 aliphatic heterocycles. The number of hydrogen-bond donors (Lipinski definition) is 0. The highest BCUT2D eigenvalue weighted by atomic mass is 31.0. The van der Waals surface area contributed by atoms with Gasteiger partial charge < -0.3 is 0 Å². The minimum absolute atomic E-state index is 0.282. The quantitative estimate of drug-likeness (QED) is 0.573. The Morgan fingerprint density at radius 3 is 2.19 bits per heavy atom. The minimum Gasteiger partial charge on any atom is -0.294 e. The first kappa shape index (κ1) is 13.4. The van der Waals surface area contributed by atoms with Crippen LogP contribution in [-0.4, -0.2) is 11.4 Å². The number of rotatable bonds is 4. The zero-order valence-electron chi connectivity index (χ0n) is 10.6. The molecule has 0 radical (unpaired) electrons. The molecule has 16 heavy (non-hydrogen) atoms. The van der Waals surface area contributed by atoms with Crippen molar-refractivity contribution in [2.75, 3.05) is 0 Å². The van der Waals surface area contributed by atoms with Crippen molar-refractivity contribution in [2.45, 2.75) is 46.2 Å². The van der Waals surface area contributed by atoms with Gasteiger partial charge in [0.1, 0.15) is 0 Å². The van der Waals surface area contributed by atoms with Gasteiger partial charge in [-0.3, -0.25) is 4.79 Å². The maximum atomic E-state index is 12.1. The maximum absolute atomic E-state index is 12.1. The molecule has 0 fully saturated rings. The molecule has 0 heterocycles. The van der Waals surface area contributed by atoms with Gasteiger partial charge in [0.15, 0.2) is 5.78 Å². The predicted octanol–water partition coefficient (Wildman–Crippen LogP) is 3.84. The Morgan fingerprint density at radius 2 is 1.75 bits per heavy atom. The van der Waals surface area contributed by atoms with Crippen molar-refractivity contribution < 1.29 is 4.79 Å². The zero-order chi connectivity index (χ0) is 12.3. The van der Waals surface area contributed by atoms with Crippen LogP contribution >= 0.6 is 9.24 Å². The summed E-state index contributed by atoms with van der Waals surface area (Å²) in [6, 6.07) is 4.18.